The van der Waals surface area contributed by atoms with Gasteiger partial charge in [0.1, 0.15) is 0 Å². The number of rotatable bonds is 3. The van der Waals surface area contributed by atoms with Gasteiger partial charge in [-0.2, -0.15) is 0 Å². The van der Waals surface area contributed by atoms with E-state index in [4.69, 9.17) is 0 Å². The predicted molar refractivity (Wildman–Crippen MR) is 72.5 cm³/mol. The number of hydrogen-bond acceptors (Lipinski definition) is 2. The highest BCUT2D eigenvalue weighted by Crippen LogP contribution is 2.37. The van der Waals surface area contributed by atoms with Crippen LogP contribution in [0.4, 0.5) is 0 Å². The minimum atomic E-state index is -0.822. The molecule has 108 valence electrons. The molecular weight excluding hydrogens is 242 g/mol. The predicted octanol–water partition coefficient (Wildman–Crippen LogP) is 2.28. The molecule has 0 aromatic heterocycles. The van der Waals surface area contributed by atoms with Crippen LogP contribution in [0.1, 0.15) is 46.5 Å². The van der Waals surface area contributed by atoms with E-state index >= 15 is 0 Å². The van der Waals surface area contributed by atoms with Gasteiger partial charge in [0.05, 0.1) is 11.8 Å². The molecule has 19 heavy (non-hydrogen) atoms. The number of aliphatic carboxylic acids is 1. The van der Waals surface area contributed by atoms with Crippen LogP contribution in [0.25, 0.3) is 0 Å². The van der Waals surface area contributed by atoms with Gasteiger partial charge in [-0.1, -0.05) is 20.8 Å². The van der Waals surface area contributed by atoms with Gasteiger partial charge in [-0.05, 0) is 43.4 Å². The maximum atomic E-state index is 12.3. The zero-order chi connectivity index (χ0) is 14.2. The van der Waals surface area contributed by atoms with Crippen molar-refractivity contribution in [3.63, 3.8) is 0 Å². The Hall–Kier alpha value is -1.06. The minimum Gasteiger partial charge on any atom is -0.481 e. The van der Waals surface area contributed by atoms with E-state index in [1.54, 1.807) is 0 Å². The van der Waals surface area contributed by atoms with Crippen molar-refractivity contribution in [3.05, 3.63) is 0 Å². The Kier molecular flexibility index (Phi) is 4.16. The maximum Gasteiger partial charge on any atom is 0.307 e. The van der Waals surface area contributed by atoms with E-state index in [0.717, 1.165) is 12.8 Å². The number of hydrogen-bond donors (Lipinski definition) is 2. The van der Waals surface area contributed by atoms with Gasteiger partial charge in [0.25, 0.3) is 0 Å². The standard InChI is InChI=1S/C15H25NO3/c1-8-6-11(12(7-8)15(18)19)14(17)16-13-5-4-9(2)10(13)3/h8-13H,4-7H2,1-3H3,(H,16,17)(H,18,19)/t8?,9?,10?,11-,12+,13?/m0/s1. The largest absolute Gasteiger partial charge is 0.481 e. The molecule has 2 aliphatic rings. The molecule has 0 spiro atoms. The van der Waals surface area contributed by atoms with Crippen molar-refractivity contribution in [3.8, 4) is 0 Å². The Labute approximate surface area is 115 Å². The Morgan fingerprint density at radius 3 is 2.21 bits per heavy atom. The first-order valence-corrected chi connectivity index (χ1v) is 7.43. The second-order valence-corrected chi connectivity index (χ2v) is 6.66. The zero-order valence-electron chi connectivity index (χ0n) is 12.1. The van der Waals surface area contributed by atoms with Crippen molar-refractivity contribution >= 4 is 11.9 Å². The number of carboxylic acid groups (broad SMARTS) is 1. The summed E-state index contributed by atoms with van der Waals surface area (Å²) in [6.07, 6.45) is 3.51. The molecular formula is C15H25NO3. The summed E-state index contributed by atoms with van der Waals surface area (Å²) in [4.78, 5) is 23.6. The summed E-state index contributed by atoms with van der Waals surface area (Å²) < 4.78 is 0. The van der Waals surface area contributed by atoms with Gasteiger partial charge in [0.15, 0.2) is 0 Å². The normalized spacial score (nSPS) is 42.3. The van der Waals surface area contributed by atoms with Crippen LogP contribution in [-0.2, 0) is 9.59 Å². The monoisotopic (exact) mass is 267 g/mol. The number of nitrogens with one attached hydrogen (secondary N) is 1. The fourth-order valence-corrected chi connectivity index (χ4v) is 3.71. The first-order chi connectivity index (χ1) is 8.90. The summed E-state index contributed by atoms with van der Waals surface area (Å²) in [6.45, 7) is 6.42. The lowest BCUT2D eigenvalue weighted by atomic mass is 9.93. The highest BCUT2D eigenvalue weighted by Gasteiger charge is 2.42. The molecule has 0 aliphatic heterocycles. The average molecular weight is 267 g/mol. The molecule has 4 unspecified atom stereocenters. The van der Waals surface area contributed by atoms with Gasteiger partial charge in [-0.3, -0.25) is 9.59 Å². The fourth-order valence-electron chi connectivity index (χ4n) is 3.71. The Balaban J connectivity index is 1.97. The Morgan fingerprint density at radius 2 is 1.68 bits per heavy atom. The van der Waals surface area contributed by atoms with E-state index in [1.165, 1.54) is 0 Å². The van der Waals surface area contributed by atoms with E-state index in [0.29, 0.717) is 30.6 Å². The smallest absolute Gasteiger partial charge is 0.307 e. The maximum absolute atomic E-state index is 12.3. The van der Waals surface area contributed by atoms with Crippen LogP contribution in [0, 0.1) is 29.6 Å². The average Bonchev–Trinajstić information content (AvgIpc) is 2.87. The molecule has 0 bridgehead atoms. The van der Waals surface area contributed by atoms with Gasteiger partial charge >= 0.3 is 5.97 Å². The van der Waals surface area contributed by atoms with Gasteiger partial charge in [-0.15, -0.1) is 0 Å². The highest BCUT2D eigenvalue weighted by molar-refractivity contribution is 5.85. The number of carbonyl (C=O) groups excluding carboxylic acids is 1. The van der Waals surface area contributed by atoms with Crippen molar-refractivity contribution in [2.45, 2.75) is 52.5 Å². The van der Waals surface area contributed by atoms with Gasteiger partial charge < -0.3 is 10.4 Å². The van der Waals surface area contributed by atoms with Crippen molar-refractivity contribution in [1.82, 2.24) is 5.32 Å². The van der Waals surface area contributed by atoms with Crippen molar-refractivity contribution in [1.29, 1.82) is 0 Å². The highest BCUT2D eigenvalue weighted by atomic mass is 16.4. The fraction of sp³-hybridized carbons (Fsp3) is 0.867. The molecule has 0 saturated heterocycles. The quantitative estimate of drug-likeness (QED) is 0.824. The van der Waals surface area contributed by atoms with E-state index in [1.807, 2.05) is 6.92 Å². The summed E-state index contributed by atoms with van der Waals surface area (Å²) in [7, 11) is 0. The lowest BCUT2D eigenvalue weighted by Crippen LogP contribution is -2.42. The van der Waals surface area contributed by atoms with Crippen molar-refractivity contribution < 1.29 is 14.7 Å². The van der Waals surface area contributed by atoms with Gasteiger partial charge in [0.2, 0.25) is 5.91 Å². The van der Waals surface area contributed by atoms with Crippen LogP contribution in [-0.4, -0.2) is 23.0 Å². The lowest BCUT2D eigenvalue weighted by molar-refractivity contribution is -0.146. The summed E-state index contributed by atoms with van der Waals surface area (Å²) in [6, 6.07) is 0.229. The SMILES string of the molecule is CC1C[C@H](C(=O)NC2CCC(C)C2C)[C@H](C(=O)O)C1. The van der Waals surface area contributed by atoms with Crippen molar-refractivity contribution in [2.75, 3.05) is 0 Å². The summed E-state index contributed by atoms with van der Waals surface area (Å²) in [5, 5.41) is 12.3. The molecule has 0 aromatic carbocycles. The summed E-state index contributed by atoms with van der Waals surface area (Å²) >= 11 is 0. The molecule has 0 heterocycles. The van der Waals surface area contributed by atoms with E-state index in [-0.39, 0.29) is 17.9 Å². The Bertz CT molecular complexity index is 368. The van der Waals surface area contributed by atoms with E-state index in [2.05, 4.69) is 19.2 Å². The summed E-state index contributed by atoms with van der Waals surface area (Å²) in [5.74, 6) is -0.231. The third kappa shape index (κ3) is 2.93. The molecule has 4 heteroatoms. The molecule has 0 radical (unpaired) electrons. The van der Waals surface area contributed by atoms with Crippen LogP contribution in [0.3, 0.4) is 0 Å². The first kappa shape index (κ1) is 14.4. The Morgan fingerprint density at radius 1 is 1.05 bits per heavy atom. The first-order valence-electron chi connectivity index (χ1n) is 7.43. The van der Waals surface area contributed by atoms with E-state index in [9.17, 15) is 14.7 Å². The topological polar surface area (TPSA) is 66.4 Å². The molecule has 1 amide bonds. The van der Waals surface area contributed by atoms with E-state index < -0.39 is 11.9 Å². The molecule has 2 saturated carbocycles. The second kappa shape index (κ2) is 5.51. The third-order valence-electron chi connectivity index (χ3n) is 5.25. The summed E-state index contributed by atoms with van der Waals surface area (Å²) in [5.41, 5.74) is 0. The zero-order valence-corrected chi connectivity index (χ0v) is 12.1. The number of amides is 1. The van der Waals surface area contributed by atoms with Crippen LogP contribution >= 0.6 is 0 Å². The van der Waals surface area contributed by atoms with Crippen LogP contribution in [0.5, 0.6) is 0 Å². The molecule has 2 rings (SSSR count). The van der Waals surface area contributed by atoms with Crippen LogP contribution < -0.4 is 5.32 Å². The molecule has 4 nitrogen and oxygen atoms in total. The van der Waals surface area contributed by atoms with Crippen molar-refractivity contribution in [2.24, 2.45) is 29.6 Å². The molecule has 0 aromatic rings. The molecule has 6 atom stereocenters. The molecule has 2 fully saturated rings. The van der Waals surface area contributed by atoms with Crippen LogP contribution in [0.2, 0.25) is 0 Å². The molecule has 2 N–H and O–H groups in total. The van der Waals surface area contributed by atoms with Gasteiger partial charge in [-0.25, -0.2) is 0 Å². The second-order valence-electron chi connectivity index (χ2n) is 6.66. The minimum absolute atomic E-state index is 0.0392. The van der Waals surface area contributed by atoms with Crippen LogP contribution in [0.15, 0.2) is 0 Å². The lowest BCUT2D eigenvalue weighted by Gasteiger charge is -2.23. The van der Waals surface area contributed by atoms with Gasteiger partial charge in [0, 0.05) is 6.04 Å². The molecule has 2 aliphatic carbocycles. The third-order valence-corrected chi connectivity index (χ3v) is 5.25. The number of carboxylic acids is 1. The number of carbonyl (C=O) groups is 2.